The summed E-state index contributed by atoms with van der Waals surface area (Å²) in [6.07, 6.45) is 5.48. The van der Waals surface area contributed by atoms with Crippen LogP contribution in [-0.4, -0.2) is 36.9 Å². The Morgan fingerprint density at radius 1 is 1.20 bits per heavy atom. The molecule has 1 aliphatic rings. The molecular weight excluding hydrogens is 396 g/mol. The predicted molar refractivity (Wildman–Crippen MR) is 118 cm³/mol. The van der Waals surface area contributed by atoms with Crippen LogP contribution in [0.5, 0.6) is 0 Å². The summed E-state index contributed by atoms with van der Waals surface area (Å²) in [4.78, 5) is 29.8. The van der Waals surface area contributed by atoms with E-state index in [1.807, 2.05) is 65.1 Å². The SMILES string of the molecule is Cc1cnc(Nc2cccc([C@H]3CCCN3C(=O)Cn3cnc4ccccc43)n2)s1. The van der Waals surface area contributed by atoms with Crippen LogP contribution in [0, 0.1) is 6.92 Å². The molecule has 30 heavy (non-hydrogen) atoms. The first-order valence-electron chi connectivity index (χ1n) is 10.0. The molecule has 8 heteroatoms. The molecule has 7 nitrogen and oxygen atoms in total. The average molecular weight is 419 g/mol. The molecule has 1 saturated heterocycles. The molecule has 5 rings (SSSR count). The van der Waals surface area contributed by atoms with Crippen molar-refractivity contribution in [3.63, 3.8) is 0 Å². The fourth-order valence-corrected chi connectivity index (χ4v) is 4.65. The second-order valence-corrected chi connectivity index (χ2v) is 8.69. The molecule has 0 bridgehead atoms. The lowest BCUT2D eigenvalue weighted by atomic mass is 10.1. The maximum Gasteiger partial charge on any atom is 0.243 e. The molecule has 1 amide bonds. The van der Waals surface area contributed by atoms with Crippen molar-refractivity contribution in [1.29, 1.82) is 0 Å². The third kappa shape index (κ3) is 3.66. The minimum absolute atomic E-state index is 0.00735. The number of anilines is 2. The number of carbonyl (C=O) groups excluding carboxylic acids is 1. The van der Waals surface area contributed by atoms with Crippen LogP contribution in [0.25, 0.3) is 11.0 Å². The van der Waals surface area contributed by atoms with E-state index >= 15 is 0 Å². The van der Waals surface area contributed by atoms with Crippen LogP contribution in [0.1, 0.15) is 29.5 Å². The number of hydrogen-bond donors (Lipinski definition) is 1. The van der Waals surface area contributed by atoms with E-state index in [-0.39, 0.29) is 18.5 Å². The van der Waals surface area contributed by atoms with Crippen molar-refractivity contribution < 1.29 is 4.79 Å². The Kier molecular flexibility index (Phi) is 4.92. The van der Waals surface area contributed by atoms with E-state index in [0.29, 0.717) is 0 Å². The lowest BCUT2D eigenvalue weighted by Crippen LogP contribution is -2.33. The minimum Gasteiger partial charge on any atom is -0.333 e. The van der Waals surface area contributed by atoms with Crippen LogP contribution in [0.3, 0.4) is 0 Å². The van der Waals surface area contributed by atoms with Gasteiger partial charge in [-0.15, -0.1) is 11.3 Å². The van der Waals surface area contributed by atoms with E-state index in [1.54, 1.807) is 17.7 Å². The van der Waals surface area contributed by atoms with Crippen molar-refractivity contribution in [2.75, 3.05) is 11.9 Å². The highest BCUT2D eigenvalue weighted by molar-refractivity contribution is 7.15. The van der Waals surface area contributed by atoms with Gasteiger partial charge in [0.15, 0.2) is 5.13 Å². The lowest BCUT2D eigenvalue weighted by Gasteiger charge is -2.25. The maximum atomic E-state index is 13.1. The summed E-state index contributed by atoms with van der Waals surface area (Å²) < 4.78 is 1.92. The van der Waals surface area contributed by atoms with Crippen molar-refractivity contribution in [2.24, 2.45) is 0 Å². The van der Waals surface area contributed by atoms with Crippen molar-refractivity contribution in [3.05, 3.63) is 65.6 Å². The Labute approximate surface area is 178 Å². The van der Waals surface area contributed by atoms with Crippen LogP contribution in [0.4, 0.5) is 10.9 Å². The van der Waals surface area contributed by atoms with E-state index in [0.717, 1.165) is 51.9 Å². The van der Waals surface area contributed by atoms with Gasteiger partial charge in [-0.1, -0.05) is 18.2 Å². The van der Waals surface area contributed by atoms with Gasteiger partial charge in [0.1, 0.15) is 12.4 Å². The first kappa shape index (κ1) is 18.7. The summed E-state index contributed by atoms with van der Waals surface area (Å²) in [5.41, 5.74) is 2.79. The molecule has 1 aromatic carbocycles. The Hall–Kier alpha value is -3.26. The molecule has 1 fully saturated rings. The molecule has 0 saturated carbocycles. The number of hydrogen-bond acceptors (Lipinski definition) is 6. The first-order chi connectivity index (χ1) is 14.7. The molecule has 0 aliphatic carbocycles. The Morgan fingerprint density at radius 2 is 2.10 bits per heavy atom. The average Bonchev–Trinajstić information content (AvgIpc) is 3.49. The number of nitrogens with zero attached hydrogens (tertiary/aromatic N) is 5. The number of thiazole rings is 1. The highest BCUT2D eigenvalue weighted by Crippen LogP contribution is 2.32. The van der Waals surface area contributed by atoms with Crippen LogP contribution in [0.15, 0.2) is 55.0 Å². The van der Waals surface area contributed by atoms with Crippen molar-refractivity contribution in [3.8, 4) is 0 Å². The largest absolute Gasteiger partial charge is 0.333 e. The van der Waals surface area contributed by atoms with Crippen molar-refractivity contribution in [1.82, 2.24) is 24.4 Å². The molecular formula is C22H22N6OS. The van der Waals surface area contributed by atoms with Crippen LogP contribution >= 0.6 is 11.3 Å². The number of fused-ring (bicyclic) bond motifs is 1. The number of amides is 1. The van der Waals surface area contributed by atoms with Gasteiger partial charge in [0.25, 0.3) is 0 Å². The smallest absolute Gasteiger partial charge is 0.243 e. The number of benzene rings is 1. The normalized spacial score (nSPS) is 16.3. The zero-order valence-corrected chi connectivity index (χ0v) is 17.5. The summed E-state index contributed by atoms with van der Waals surface area (Å²) in [5.74, 6) is 0.845. The van der Waals surface area contributed by atoms with E-state index in [4.69, 9.17) is 4.98 Å². The van der Waals surface area contributed by atoms with Gasteiger partial charge < -0.3 is 14.8 Å². The Bertz CT molecular complexity index is 1200. The van der Waals surface area contributed by atoms with Crippen molar-refractivity contribution in [2.45, 2.75) is 32.4 Å². The van der Waals surface area contributed by atoms with Gasteiger partial charge in [-0.3, -0.25) is 4.79 Å². The second kappa shape index (κ2) is 7.87. The number of imidazole rings is 1. The van der Waals surface area contributed by atoms with E-state index in [1.165, 1.54) is 0 Å². The van der Waals surface area contributed by atoms with E-state index in [9.17, 15) is 4.79 Å². The number of aryl methyl sites for hydroxylation is 1. The molecule has 0 unspecified atom stereocenters. The molecule has 0 radical (unpaired) electrons. The summed E-state index contributed by atoms with van der Waals surface area (Å²) in [6.45, 7) is 3.06. The number of carbonyl (C=O) groups is 1. The Morgan fingerprint density at radius 3 is 2.97 bits per heavy atom. The monoisotopic (exact) mass is 418 g/mol. The molecule has 1 aliphatic heterocycles. The number of likely N-dealkylation sites (tertiary alicyclic amines) is 1. The van der Waals surface area contributed by atoms with E-state index < -0.39 is 0 Å². The number of pyridine rings is 1. The highest BCUT2D eigenvalue weighted by Gasteiger charge is 2.31. The standard InChI is InChI=1S/C22H22N6OS/c1-15-12-23-22(30-15)26-20-10-4-7-17(25-20)19-9-5-11-28(19)21(29)13-27-14-24-16-6-2-3-8-18(16)27/h2-4,6-8,10,12,14,19H,5,9,11,13H2,1H3,(H,23,25,26)/t19-/m1/s1. The Balaban J connectivity index is 1.34. The van der Waals surface area contributed by atoms with Gasteiger partial charge in [0.2, 0.25) is 5.91 Å². The molecule has 1 N–H and O–H groups in total. The van der Waals surface area contributed by atoms with Gasteiger partial charge in [-0.05, 0) is 44.0 Å². The summed E-state index contributed by atoms with van der Waals surface area (Å²) >= 11 is 1.59. The van der Waals surface area contributed by atoms with Crippen LogP contribution in [0.2, 0.25) is 0 Å². The van der Waals surface area contributed by atoms with Crippen LogP contribution < -0.4 is 5.32 Å². The van der Waals surface area contributed by atoms with Gasteiger partial charge in [0.05, 0.1) is 29.1 Å². The topological polar surface area (TPSA) is 75.9 Å². The quantitative estimate of drug-likeness (QED) is 0.523. The van der Waals surface area contributed by atoms with Gasteiger partial charge in [0, 0.05) is 17.6 Å². The second-order valence-electron chi connectivity index (χ2n) is 7.46. The third-order valence-electron chi connectivity index (χ3n) is 5.37. The molecule has 4 heterocycles. The first-order valence-corrected chi connectivity index (χ1v) is 10.8. The summed E-state index contributed by atoms with van der Waals surface area (Å²) in [6, 6.07) is 13.8. The molecule has 4 aromatic rings. The molecule has 3 aromatic heterocycles. The third-order valence-corrected chi connectivity index (χ3v) is 6.20. The van der Waals surface area contributed by atoms with Gasteiger partial charge in [-0.25, -0.2) is 15.0 Å². The zero-order chi connectivity index (χ0) is 20.5. The zero-order valence-electron chi connectivity index (χ0n) is 16.7. The van der Waals surface area contributed by atoms with Gasteiger partial charge in [-0.2, -0.15) is 0 Å². The van der Waals surface area contributed by atoms with Crippen molar-refractivity contribution >= 4 is 39.2 Å². The van der Waals surface area contributed by atoms with Gasteiger partial charge >= 0.3 is 0 Å². The molecule has 0 spiro atoms. The maximum absolute atomic E-state index is 13.1. The minimum atomic E-state index is -0.00735. The van der Waals surface area contributed by atoms with E-state index in [2.05, 4.69) is 15.3 Å². The number of nitrogens with one attached hydrogen (secondary N) is 1. The number of aromatic nitrogens is 4. The lowest BCUT2D eigenvalue weighted by molar-refractivity contribution is -0.132. The highest BCUT2D eigenvalue weighted by atomic mass is 32.1. The fourth-order valence-electron chi connectivity index (χ4n) is 3.97. The number of para-hydroxylation sites is 2. The predicted octanol–water partition coefficient (Wildman–Crippen LogP) is 4.30. The summed E-state index contributed by atoms with van der Waals surface area (Å²) in [5, 5.41) is 4.09. The van der Waals surface area contributed by atoms with Crippen LogP contribution in [-0.2, 0) is 11.3 Å². The molecule has 152 valence electrons. The summed E-state index contributed by atoms with van der Waals surface area (Å²) in [7, 11) is 0. The molecule has 1 atom stereocenters. The number of rotatable bonds is 5. The fraction of sp³-hybridized carbons (Fsp3) is 0.273.